The van der Waals surface area contributed by atoms with Crippen LogP contribution in [-0.4, -0.2) is 29.3 Å². The lowest BCUT2D eigenvalue weighted by atomic mass is 9.91. The molecule has 1 aromatic rings. The molecule has 0 bridgehead atoms. The molecule has 0 aromatic heterocycles. The summed E-state index contributed by atoms with van der Waals surface area (Å²) >= 11 is 0. The Morgan fingerprint density at radius 3 is 2.62 bits per heavy atom. The van der Waals surface area contributed by atoms with Crippen molar-refractivity contribution in [3.8, 4) is 0 Å². The minimum atomic E-state index is -0.465. The van der Waals surface area contributed by atoms with E-state index in [2.05, 4.69) is 11.4 Å². The predicted octanol–water partition coefficient (Wildman–Crippen LogP) is 2.19. The number of benzene rings is 1. The van der Waals surface area contributed by atoms with Crippen LogP contribution in [0.15, 0.2) is 24.3 Å². The molecule has 0 spiro atoms. The van der Waals surface area contributed by atoms with Crippen LogP contribution >= 0.6 is 0 Å². The van der Waals surface area contributed by atoms with Gasteiger partial charge in [-0.05, 0) is 30.4 Å². The van der Waals surface area contributed by atoms with Gasteiger partial charge in [0.15, 0.2) is 0 Å². The Labute approximate surface area is 125 Å². The number of rotatable bonds is 2. The molecule has 1 saturated carbocycles. The molecule has 2 amide bonds. The van der Waals surface area contributed by atoms with Crippen molar-refractivity contribution < 1.29 is 9.59 Å². The van der Waals surface area contributed by atoms with E-state index in [9.17, 15) is 9.59 Å². The number of fused-ring (bicyclic) bond motifs is 1. The molecule has 1 fully saturated rings. The second kappa shape index (κ2) is 5.88. The van der Waals surface area contributed by atoms with E-state index in [-0.39, 0.29) is 17.9 Å². The SMILES string of the molecule is CC(=O)N1CCc2ccccc2C1C(=O)NC1CCCC1. The summed E-state index contributed by atoms with van der Waals surface area (Å²) in [7, 11) is 0. The highest BCUT2D eigenvalue weighted by Gasteiger charge is 2.35. The molecule has 0 radical (unpaired) electrons. The fourth-order valence-corrected chi connectivity index (χ4v) is 3.54. The van der Waals surface area contributed by atoms with Crippen molar-refractivity contribution in [1.82, 2.24) is 10.2 Å². The molecular weight excluding hydrogens is 264 g/mol. The predicted molar refractivity (Wildman–Crippen MR) is 80.7 cm³/mol. The number of hydrogen-bond acceptors (Lipinski definition) is 2. The molecule has 1 heterocycles. The van der Waals surface area contributed by atoms with Gasteiger partial charge < -0.3 is 10.2 Å². The Morgan fingerprint density at radius 1 is 1.19 bits per heavy atom. The lowest BCUT2D eigenvalue weighted by molar-refractivity contribution is -0.140. The topological polar surface area (TPSA) is 49.4 Å². The van der Waals surface area contributed by atoms with Crippen LogP contribution in [0.3, 0.4) is 0 Å². The number of amides is 2. The van der Waals surface area contributed by atoms with Gasteiger partial charge in [0.25, 0.3) is 0 Å². The standard InChI is InChI=1S/C17H22N2O2/c1-12(20)19-11-10-13-6-2-5-9-15(13)16(19)17(21)18-14-7-3-4-8-14/h2,5-6,9,14,16H,3-4,7-8,10-11H2,1H3,(H,18,21). The molecular formula is C17H22N2O2. The first-order chi connectivity index (χ1) is 10.2. The van der Waals surface area contributed by atoms with Gasteiger partial charge >= 0.3 is 0 Å². The largest absolute Gasteiger partial charge is 0.351 e. The maximum absolute atomic E-state index is 12.7. The molecule has 1 aromatic carbocycles. The van der Waals surface area contributed by atoms with Gasteiger partial charge in [-0.25, -0.2) is 0 Å². The molecule has 3 rings (SSSR count). The van der Waals surface area contributed by atoms with Gasteiger partial charge in [-0.15, -0.1) is 0 Å². The number of hydrogen-bond donors (Lipinski definition) is 1. The van der Waals surface area contributed by atoms with Crippen LogP contribution in [0.5, 0.6) is 0 Å². The quantitative estimate of drug-likeness (QED) is 0.906. The zero-order valence-electron chi connectivity index (χ0n) is 12.5. The third kappa shape index (κ3) is 2.80. The maximum atomic E-state index is 12.7. The van der Waals surface area contributed by atoms with Crippen LogP contribution in [0, 0.1) is 0 Å². The summed E-state index contributed by atoms with van der Waals surface area (Å²) in [6.07, 6.45) is 5.30. The van der Waals surface area contributed by atoms with E-state index in [1.165, 1.54) is 18.4 Å². The van der Waals surface area contributed by atoms with Gasteiger partial charge in [0.1, 0.15) is 6.04 Å². The van der Waals surface area contributed by atoms with Crippen molar-refractivity contribution in [2.24, 2.45) is 0 Å². The molecule has 1 aliphatic heterocycles. The first-order valence-electron chi connectivity index (χ1n) is 7.82. The van der Waals surface area contributed by atoms with E-state index in [1.54, 1.807) is 11.8 Å². The number of nitrogens with zero attached hydrogens (tertiary/aromatic N) is 1. The van der Waals surface area contributed by atoms with E-state index in [4.69, 9.17) is 0 Å². The van der Waals surface area contributed by atoms with Crippen molar-refractivity contribution in [3.05, 3.63) is 35.4 Å². The van der Waals surface area contributed by atoms with Crippen LogP contribution in [0.25, 0.3) is 0 Å². The zero-order chi connectivity index (χ0) is 14.8. The Hall–Kier alpha value is -1.84. The average Bonchev–Trinajstić information content (AvgIpc) is 2.98. The van der Waals surface area contributed by atoms with Crippen LogP contribution in [0.4, 0.5) is 0 Å². The maximum Gasteiger partial charge on any atom is 0.247 e. The molecule has 1 aliphatic carbocycles. The Balaban J connectivity index is 1.87. The number of nitrogens with one attached hydrogen (secondary N) is 1. The molecule has 112 valence electrons. The third-order valence-corrected chi connectivity index (χ3v) is 4.64. The fraction of sp³-hybridized carbons (Fsp3) is 0.529. The first-order valence-corrected chi connectivity index (χ1v) is 7.82. The Bertz CT molecular complexity index is 549. The normalized spacial score (nSPS) is 22.0. The summed E-state index contributed by atoms with van der Waals surface area (Å²) in [5.41, 5.74) is 2.16. The van der Waals surface area contributed by atoms with Gasteiger partial charge in [-0.3, -0.25) is 9.59 Å². The molecule has 1 N–H and O–H groups in total. The number of carbonyl (C=O) groups excluding carboxylic acids is 2. The van der Waals surface area contributed by atoms with Crippen LogP contribution in [-0.2, 0) is 16.0 Å². The van der Waals surface area contributed by atoms with E-state index < -0.39 is 6.04 Å². The third-order valence-electron chi connectivity index (χ3n) is 4.64. The van der Waals surface area contributed by atoms with Gasteiger partial charge in [-0.1, -0.05) is 37.1 Å². The van der Waals surface area contributed by atoms with Gasteiger partial charge in [0.05, 0.1) is 0 Å². The second-order valence-corrected chi connectivity index (χ2v) is 6.05. The van der Waals surface area contributed by atoms with Gasteiger partial charge in [-0.2, -0.15) is 0 Å². The highest BCUT2D eigenvalue weighted by atomic mass is 16.2. The van der Waals surface area contributed by atoms with Gasteiger partial charge in [0, 0.05) is 19.5 Å². The van der Waals surface area contributed by atoms with Crippen molar-refractivity contribution >= 4 is 11.8 Å². The fourth-order valence-electron chi connectivity index (χ4n) is 3.54. The molecule has 2 aliphatic rings. The highest BCUT2D eigenvalue weighted by molar-refractivity contribution is 5.89. The summed E-state index contributed by atoms with van der Waals surface area (Å²) in [6.45, 7) is 2.17. The summed E-state index contributed by atoms with van der Waals surface area (Å²) in [6, 6.07) is 7.78. The van der Waals surface area contributed by atoms with Crippen LogP contribution in [0.2, 0.25) is 0 Å². The molecule has 1 unspecified atom stereocenters. The molecule has 21 heavy (non-hydrogen) atoms. The van der Waals surface area contributed by atoms with E-state index in [0.29, 0.717) is 6.54 Å². The molecule has 1 atom stereocenters. The minimum Gasteiger partial charge on any atom is -0.351 e. The van der Waals surface area contributed by atoms with E-state index in [0.717, 1.165) is 24.8 Å². The summed E-state index contributed by atoms with van der Waals surface area (Å²) in [4.78, 5) is 26.3. The summed E-state index contributed by atoms with van der Waals surface area (Å²) < 4.78 is 0. The lowest BCUT2D eigenvalue weighted by Crippen LogP contribution is -2.48. The summed E-state index contributed by atoms with van der Waals surface area (Å²) in [5.74, 6) is -0.0553. The van der Waals surface area contributed by atoms with E-state index in [1.807, 2.05) is 18.2 Å². The molecule has 4 heteroatoms. The van der Waals surface area contributed by atoms with Crippen molar-refractivity contribution in [2.75, 3.05) is 6.54 Å². The van der Waals surface area contributed by atoms with Crippen molar-refractivity contribution in [2.45, 2.75) is 51.1 Å². The summed E-state index contributed by atoms with van der Waals surface area (Å²) in [5, 5.41) is 3.14. The second-order valence-electron chi connectivity index (χ2n) is 6.05. The van der Waals surface area contributed by atoms with Crippen molar-refractivity contribution in [3.63, 3.8) is 0 Å². The smallest absolute Gasteiger partial charge is 0.247 e. The first kappa shape index (κ1) is 14.1. The zero-order valence-corrected chi connectivity index (χ0v) is 12.5. The van der Waals surface area contributed by atoms with E-state index >= 15 is 0 Å². The Kier molecular flexibility index (Phi) is 3.95. The van der Waals surface area contributed by atoms with Gasteiger partial charge in [0.2, 0.25) is 11.8 Å². The molecule has 0 saturated heterocycles. The lowest BCUT2D eigenvalue weighted by Gasteiger charge is -2.36. The highest BCUT2D eigenvalue weighted by Crippen LogP contribution is 2.30. The monoisotopic (exact) mass is 286 g/mol. The average molecular weight is 286 g/mol. The minimum absolute atomic E-state index is 0.0238. The van der Waals surface area contributed by atoms with Crippen LogP contribution in [0.1, 0.15) is 49.8 Å². The Morgan fingerprint density at radius 2 is 1.90 bits per heavy atom. The number of carbonyl (C=O) groups is 2. The van der Waals surface area contributed by atoms with Crippen molar-refractivity contribution in [1.29, 1.82) is 0 Å². The molecule has 4 nitrogen and oxygen atoms in total. The van der Waals surface area contributed by atoms with Crippen LogP contribution < -0.4 is 5.32 Å².